The van der Waals surface area contributed by atoms with Gasteiger partial charge in [-0.2, -0.15) is 0 Å². The molecule has 13 heavy (non-hydrogen) atoms. The van der Waals surface area contributed by atoms with Gasteiger partial charge >= 0.3 is 5.97 Å². The minimum Gasteiger partial charge on any atom is -0.468 e. The van der Waals surface area contributed by atoms with Crippen molar-refractivity contribution in [2.75, 3.05) is 13.7 Å². The Balaban J connectivity index is 0.000000845. The second-order valence-corrected chi connectivity index (χ2v) is 3.76. The lowest BCUT2D eigenvalue weighted by Crippen LogP contribution is -2.36. The molecule has 0 unspecified atom stereocenters. The summed E-state index contributed by atoms with van der Waals surface area (Å²) < 4.78 is 4.74. The van der Waals surface area contributed by atoms with Crippen molar-refractivity contribution in [3.8, 4) is 0 Å². The first-order chi connectivity index (χ1) is 5.83. The van der Waals surface area contributed by atoms with Crippen LogP contribution < -0.4 is 5.32 Å². The van der Waals surface area contributed by atoms with E-state index in [4.69, 9.17) is 4.74 Å². The third-order valence-electron chi connectivity index (χ3n) is 3.20. The summed E-state index contributed by atoms with van der Waals surface area (Å²) in [4.78, 5) is 11.3. The number of fused-ring (bicyclic) bond motifs is 1. The van der Waals surface area contributed by atoms with Crippen LogP contribution in [0.5, 0.6) is 0 Å². The van der Waals surface area contributed by atoms with E-state index in [2.05, 4.69) is 5.32 Å². The summed E-state index contributed by atoms with van der Waals surface area (Å²) in [5.74, 6) is 1.20. The standard InChI is InChI=1S/C9H15NO2.ClH/c1-12-9(11)8-7-4-2-3-6(7)5-10-8;/h6-8,10H,2-5H2,1H3;1H/t6-,7-,8-;/m0./s1. The molecular weight excluding hydrogens is 190 g/mol. The normalized spacial score (nSPS) is 36.5. The van der Waals surface area contributed by atoms with E-state index in [-0.39, 0.29) is 24.4 Å². The van der Waals surface area contributed by atoms with Gasteiger partial charge in [-0.1, -0.05) is 6.42 Å². The lowest BCUT2D eigenvalue weighted by Gasteiger charge is -2.14. The summed E-state index contributed by atoms with van der Waals surface area (Å²) in [7, 11) is 1.46. The Morgan fingerprint density at radius 3 is 2.92 bits per heavy atom. The highest BCUT2D eigenvalue weighted by molar-refractivity contribution is 5.85. The third kappa shape index (κ3) is 1.81. The molecule has 76 valence electrons. The average Bonchev–Trinajstić information content (AvgIpc) is 2.62. The molecule has 0 aromatic carbocycles. The van der Waals surface area contributed by atoms with Gasteiger partial charge in [-0.25, -0.2) is 0 Å². The van der Waals surface area contributed by atoms with E-state index < -0.39 is 0 Å². The zero-order valence-electron chi connectivity index (χ0n) is 7.79. The molecule has 3 atom stereocenters. The van der Waals surface area contributed by atoms with E-state index in [1.807, 2.05) is 0 Å². The molecule has 1 aliphatic carbocycles. The molecule has 0 aromatic rings. The molecular formula is C9H16ClNO2. The van der Waals surface area contributed by atoms with Gasteiger partial charge in [0.15, 0.2) is 0 Å². The molecule has 1 saturated carbocycles. The summed E-state index contributed by atoms with van der Waals surface area (Å²) in [6.07, 6.45) is 3.76. The fraction of sp³-hybridized carbons (Fsp3) is 0.889. The van der Waals surface area contributed by atoms with E-state index in [9.17, 15) is 4.79 Å². The second-order valence-electron chi connectivity index (χ2n) is 3.76. The van der Waals surface area contributed by atoms with Gasteiger partial charge in [-0.3, -0.25) is 4.79 Å². The highest BCUT2D eigenvalue weighted by atomic mass is 35.5. The number of esters is 1. The number of hydrogen-bond acceptors (Lipinski definition) is 3. The summed E-state index contributed by atoms with van der Waals surface area (Å²) in [5, 5.41) is 3.23. The molecule has 2 rings (SSSR count). The average molecular weight is 206 g/mol. The fourth-order valence-electron chi connectivity index (χ4n) is 2.57. The van der Waals surface area contributed by atoms with Crippen molar-refractivity contribution in [1.82, 2.24) is 5.32 Å². The zero-order valence-corrected chi connectivity index (χ0v) is 8.60. The maximum Gasteiger partial charge on any atom is 0.323 e. The molecule has 0 spiro atoms. The van der Waals surface area contributed by atoms with Crippen LogP contribution in [0.4, 0.5) is 0 Å². The number of nitrogens with one attached hydrogen (secondary N) is 1. The van der Waals surface area contributed by atoms with Crippen molar-refractivity contribution in [3.63, 3.8) is 0 Å². The topological polar surface area (TPSA) is 38.3 Å². The van der Waals surface area contributed by atoms with E-state index >= 15 is 0 Å². The number of methoxy groups -OCH3 is 1. The predicted molar refractivity (Wildman–Crippen MR) is 51.9 cm³/mol. The number of hydrogen-bond donors (Lipinski definition) is 1. The van der Waals surface area contributed by atoms with E-state index in [1.165, 1.54) is 26.4 Å². The van der Waals surface area contributed by atoms with Crippen LogP contribution in [0, 0.1) is 11.8 Å². The van der Waals surface area contributed by atoms with Crippen LogP contribution in [0.3, 0.4) is 0 Å². The number of rotatable bonds is 1. The van der Waals surface area contributed by atoms with Gasteiger partial charge in [0.2, 0.25) is 0 Å². The molecule has 3 nitrogen and oxygen atoms in total. The number of carbonyl (C=O) groups excluding carboxylic acids is 1. The summed E-state index contributed by atoms with van der Waals surface area (Å²) in [6, 6.07) is -0.0116. The molecule has 4 heteroatoms. The third-order valence-corrected chi connectivity index (χ3v) is 3.20. The first kappa shape index (κ1) is 10.8. The Morgan fingerprint density at radius 1 is 1.46 bits per heavy atom. The van der Waals surface area contributed by atoms with Crippen LogP contribution in [0.15, 0.2) is 0 Å². The van der Waals surface area contributed by atoms with Crippen molar-refractivity contribution < 1.29 is 9.53 Å². The van der Waals surface area contributed by atoms with Crippen molar-refractivity contribution in [2.45, 2.75) is 25.3 Å². The summed E-state index contributed by atoms with van der Waals surface area (Å²) >= 11 is 0. The minimum atomic E-state index is -0.0793. The van der Waals surface area contributed by atoms with Crippen molar-refractivity contribution in [1.29, 1.82) is 0 Å². The maximum absolute atomic E-state index is 11.3. The predicted octanol–water partition coefficient (Wildman–Crippen LogP) is 0.969. The molecule has 0 aromatic heterocycles. The molecule has 2 fully saturated rings. The van der Waals surface area contributed by atoms with E-state index in [0.29, 0.717) is 5.92 Å². The Morgan fingerprint density at radius 2 is 2.23 bits per heavy atom. The van der Waals surface area contributed by atoms with Crippen LogP contribution in [-0.4, -0.2) is 25.7 Å². The number of ether oxygens (including phenoxy) is 1. The lowest BCUT2D eigenvalue weighted by atomic mass is 9.94. The molecule has 1 saturated heterocycles. The first-order valence-electron chi connectivity index (χ1n) is 4.64. The fourth-order valence-corrected chi connectivity index (χ4v) is 2.57. The molecule has 2 aliphatic rings. The van der Waals surface area contributed by atoms with E-state index in [1.54, 1.807) is 0 Å². The molecule has 0 amide bonds. The minimum absolute atomic E-state index is 0. The second kappa shape index (κ2) is 4.29. The summed E-state index contributed by atoms with van der Waals surface area (Å²) in [6.45, 7) is 1.00. The Hall–Kier alpha value is -0.280. The van der Waals surface area contributed by atoms with Gasteiger partial charge in [-0.15, -0.1) is 12.4 Å². The van der Waals surface area contributed by atoms with Crippen molar-refractivity contribution in [3.05, 3.63) is 0 Å². The van der Waals surface area contributed by atoms with Gasteiger partial charge in [-0.05, 0) is 31.2 Å². The van der Waals surface area contributed by atoms with Gasteiger partial charge in [0.1, 0.15) is 6.04 Å². The monoisotopic (exact) mass is 205 g/mol. The summed E-state index contributed by atoms with van der Waals surface area (Å²) in [5.41, 5.74) is 0. The number of halogens is 1. The molecule has 1 heterocycles. The maximum atomic E-state index is 11.3. The Kier molecular flexibility index (Phi) is 3.56. The highest BCUT2D eigenvalue weighted by Gasteiger charge is 2.42. The largest absolute Gasteiger partial charge is 0.468 e. The lowest BCUT2D eigenvalue weighted by molar-refractivity contribution is -0.143. The first-order valence-corrected chi connectivity index (χ1v) is 4.64. The van der Waals surface area contributed by atoms with Crippen LogP contribution >= 0.6 is 12.4 Å². The van der Waals surface area contributed by atoms with E-state index in [0.717, 1.165) is 12.5 Å². The van der Waals surface area contributed by atoms with Gasteiger partial charge in [0.05, 0.1) is 7.11 Å². The van der Waals surface area contributed by atoms with Crippen molar-refractivity contribution >= 4 is 18.4 Å². The molecule has 1 N–H and O–H groups in total. The zero-order chi connectivity index (χ0) is 8.55. The van der Waals surface area contributed by atoms with Crippen LogP contribution in [0.2, 0.25) is 0 Å². The van der Waals surface area contributed by atoms with Gasteiger partial charge in [0.25, 0.3) is 0 Å². The van der Waals surface area contributed by atoms with Gasteiger partial charge < -0.3 is 10.1 Å². The SMILES string of the molecule is COC(=O)[C@H]1NC[C@@H]2CCC[C@@H]21.Cl. The quantitative estimate of drug-likeness (QED) is 0.649. The molecule has 0 bridgehead atoms. The van der Waals surface area contributed by atoms with Gasteiger partial charge in [0, 0.05) is 0 Å². The number of carbonyl (C=O) groups is 1. The Labute approximate surface area is 84.6 Å². The van der Waals surface area contributed by atoms with Crippen LogP contribution in [0.25, 0.3) is 0 Å². The molecule has 0 radical (unpaired) electrons. The highest BCUT2D eigenvalue weighted by Crippen LogP contribution is 2.37. The Bertz CT molecular complexity index is 198. The van der Waals surface area contributed by atoms with Crippen molar-refractivity contribution in [2.24, 2.45) is 11.8 Å². The van der Waals surface area contributed by atoms with Crippen LogP contribution in [0.1, 0.15) is 19.3 Å². The smallest absolute Gasteiger partial charge is 0.323 e. The molecule has 1 aliphatic heterocycles. The van der Waals surface area contributed by atoms with Crippen LogP contribution in [-0.2, 0) is 9.53 Å².